The highest BCUT2D eigenvalue weighted by atomic mass is 15.4. The molecule has 1 aromatic heterocycles. The minimum Gasteiger partial charge on any atom is -0.361 e. The number of hydrogen-bond acceptors (Lipinski definition) is 2. The average molecular weight is 243 g/mol. The summed E-state index contributed by atoms with van der Waals surface area (Å²) in [4.78, 5) is 7.74. The molecule has 94 valence electrons. The first-order valence-corrected chi connectivity index (χ1v) is 5.93. The molecule has 3 heterocycles. The van der Waals surface area contributed by atoms with Crippen LogP contribution in [0.3, 0.4) is 0 Å². The van der Waals surface area contributed by atoms with Crippen LogP contribution in [0.15, 0.2) is 30.6 Å². The second-order valence-electron chi connectivity index (χ2n) is 4.57. The highest BCUT2D eigenvalue weighted by Gasteiger charge is 2.14. The van der Waals surface area contributed by atoms with E-state index in [-0.39, 0.29) is 0 Å². The topological polar surface area (TPSA) is 28.3 Å². The summed E-state index contributed by atoms with van der Waals surface area (Å²) in [6.45, 7) is 4.92. The standard InChI is InChI=1S/C13H17N5/c1-15-6-8-17(10-15)12-4-3-5-13(14-12)18-9-7-16(2)11-18/h3-10,14H,11H2,1-2H3. The molecule has 1 aromatic rings. The van der Waals surface area contributed by atoms with E-state index in [1.54, 1.807) is 0 Å². The number of anilines is 1. The van der Waals surface area contributed by atoms with Crippen LogP contribution in [0.2, 0.25) is 0 Å². The average Bonchev–Trinajstić information content (AvgIpc) is 2.98. The molecule has 0 amide bonds. The molecule has 2 aliphatic rings. The molecule has 0 atom stereocenters. The van der Waals surface area contributed by atoms with Gasteiger partial charge in [-0.15, -0.1) is 0 Å². The van der Waals surface area contributed by atoms with Gasteiger partial charge in [-0.2, -0.15) is 0 Å². The Hall–Kier alpha value is -2.30. The maximum Gasteiger partial charge on any atom is 0.237 e. The van der Waals surface area contributed by atoms with Gasteiger partial charge in [-0.3, -0.25) is 4.90 Å². The third-order valence-corrected chi connectivity index (χ3v) is 3.00. The van der Waals surface area contributed by atoms with Crippen LogP contribution in [0.25, 0.3) is 0 Å². The Morgan fingerprint density at radius 1 is 1.28 bits per heavy atom. The van der Waals surface area contributed by atoms with Crippen LogP contribution < -0.4 is 15.0 Å². The van der Waals surface area contributed by atoms with Gasteiger partial charge in [-0.1, -0.05) is 6.07 Å². The highest BCUT2D eigenvalue weighted by molar-refractivity contribution is 5.55. The van der Waals surface area contributed by atoms with E-state index < -0.39 is 0 Å². The van der Waals surface area contributed by atoms with Gasteiger partial charge in [-0.25, -0.2) is 4.98 Å². The van der Waals surface area contributed by atoms with Gasteiger partial charge in [0, 0.05) is 25.5 Å². The number of hydrogen-bond donors (Lipinski definition) is 1. The Balaban J connectivity index is 1.98. The molecule has 5 heteroatoms. The maximum absolute atomic E-state index is 3.43. The first-order valence-electron chi connectivity index (χ1n) is 5.93. The number of aromatic nitrogens is 1. The molecule has 0 fully saturated rings. The molecular weight excluding hydrogens is 226 g/mol. The molecule has 0 bridgehead atoms. The lowest BCUT2D eigenvalue weighted by Crippen LogP contribution is -2.30. The van der Waals surface area contributed by atoms with E-state index in [0.717, 1.165) is 18.0 Å². The van der Waals surface area contributed by atoms with Crippen LogP contribution in [0.4, 0.5) is 5.82 Å². The Labute approximate surface area is 107 Å². The zero-order chi connectivity index (χ0) is 12.5. The van der Waals surface area contributed by atoms with Crippen LogP contribution >= 0.6 is 0 Å². The fourth-order valence-corrected chi connectivity index (χ4v) is 2.04. The second kappa shape index (κ2) is 4.18. The summed E-state index contributed by atoms with van der Waals surface area (Å²) >= 11 is 0. The van der Waals surface area contributed by atoms with Crippen molar-refractivity contribution in [3.63, 3.8) is 0 Å². The van der Waals surface area contributed by atoms with Gasteiger partial charge >= 0.3 is 0 Å². The van der Waals surface area contributed by atoms with Gasteiger partial charge in [0.2, 0.25) is 11.3 Å². The summed E-state index contributed by atoms with van der Waals surface area (Å²) in [5, 5.41) is 0. The minimum absolute atomic E-state index is 0.874. The smallest absolute Gasteiger partial charge is 0.237 e. The molecule has 0 unspecified atom stereocenters. The van der Waals surface area contributed by atoms with Gasteiger partial charge in [0.25, 0.3) is 0 Å². The van der Waals surface area contributed by atoms with Crippen LogP contribution in [-0.2, 0) is 0 Å². The Bertz CT molecular complexity index is 581. The zero-order valence-electron chi connectivity index (χ0n) is 10.6. The van der Waals surface area contributed by atoms with Gasteiger partial charge in [0.05, 0.1) is 13.7 Å². The van der Waals surface area contributed by atoms with Crippen molar-refractivity contribution in [3.05, 3.63) is 49.2 Å². The third kappa shape index (κ3) is 1.95. The zero-order valence-corrected chi connectivity index (χ0v) is 10.6. The summed E-state index contributed by atoms with van der Waals surface area (Å²) in [6.07, 6.45) is 6.17. The monoisotopic (exact) mass is 243 g/mol. The molecule has 0 aliphatic carbocycles. The van der Waals surface area contributed by atoms with Crippen LogP contribution in [-0.4, -0.2) is 41.6 Å². The fourth-order valence-electron chi connectivity index (χ4n) is 2.04. The predicted octanol–water partition coefficient (Wildman–Crippen LogP) is -0.0248. The summed E-state index contributed by atoms with van der Waals surface area (Å²) in [5.74, 6) is 1.09. The molecule has 1 N–H and O–H groups in total. The van der Waals surface area contributed by atoms with E-state index in [1.807, 2.05) is 31.1 Å². The predicted molar refractivity (Wildman–Crippen MR) is 71.2 cm³/mol. The Morgan fingerprint density at radius 3 is 2.83 bits per heavy atom. The number of nitrogens with one attached hydrogen (secondary N) is 1. The molecule has 0 radical (unpaired) electrons. The lowest BCUT2D eigenvalue weighted by Gasteiger charge is -2.15. The van der Waals surface area contributed by atoms with E-state index in [4.69, 9.17) is 0 Å². The van der Waals surface area contributed by atoms with E-state index in [0.29, 0.717) is 0 Å². The largest absolute Gasteiger partial charge is 0.361 e. The minimum atomic E-state index is 0.874. The number of likely N-dealkylation sites (N-methyl/N-ethyl adjacent to an activating group) is 1. The molecule has 0 saturated heterocycles. The Kier molecular flexibility index (Phi) is 2.51. The lowest BCUT2D eigenvalue weighted by molar-refractivity contribution is -0.439. The first kappa shape index (κ1) is 10.8. The molecule has 5 nitrogen and oxygen atoms in total. The fraction of sp³-hybridized carbons (Fsp3) is 0.231. The molecule has 2 aliphatic heterocycles. The first-order chi connectivity index (χ1) is 8.72. The lowest BCUT2D eigenvalue weighted by atomic mass is 10.4. The molecule has 18 heavy (non-hydrogen) atoms. The number of H-pyrrole nitrogens is 1. The van der Waals surface area contributed by atoms with Gasteiger partial charge < -0.3 is 14.1 Å². The molecule has 0 spiro atoms. The van der Waals surface area contributed by atoms with Crippen molar-refractivity contribution in [3.8, 4) is 0 Å². The molecule has 3 rings (SSSR count). The number of aromatic amines is 1. The Morgan fingerprint density at radius 2 is 2.17 bits per heavy atom. The van der Waals surface area contributed by atoms with Crippen LogP contribution in [0, 0.1) is 13.1 Å². The number of pyridine rings is 1. The van der Waals surface area contributed by atoms with Crippen molar-refractivity contribution in [2.45, 2.75) is 0 Å². The van der Waals surface area contributed by atoms with Crippen LogP contribution in [0.1, 0.15) is 0 Å². The summed E-state index contributed by atoms with van der Waals surface area (Å²) < 4.78 is 4.08. The normalized spacial score (nSPS) is 20.9. The van der Waals surface area contributed by atoms with Crippen molar-refractivity contribution in [2.24, 2.45) is 0 Å². The molecule has 0 saturated carbocycles. The van der Waals surface area contributed by atoms with E-state index in [9.17, 15) is 0 Å². The number of nitrogens with zero attached hydrogens (tertiary/aromatic N) is 4. The quantitative estimate of drug-likeness (QED) is 0.554. The highest BCUT2D eigenvalue weighted by Crippen LogP contribution is 2.13. The van der Waals surface area contributed by atoms with Crippen molar-refractivity contribution in [2.75, 3.05) is 25.7 Å². The molecule has 0 aromatic carbocycles. The number of rotatable bonds is 1. The van der Waals surface area contributed by atoms with Crippen molar-refractivity contribution in [1.82, 2.24) is 14.5 Å². The summed E-state index contributed by atoms with van der Waals surface area (Å²) in [6, 6.07) is 6.21. The van der Waals surface area contributed by atoms with Crippen LogP contribution in [0.5, 0.6) is 0 Å². The van der Waals surface area contributed by atoms with E-state index >= 15 is 0 Å². The maximum atomic E-state index is 3.43. The van der Waals surface area contributed by atoms with Crippen molar-refractivity contribution in [1.29, 1.82) is 0 Å². The van der Waals surface area contributed by atoms with Gasteiger partial charge in [-0.05, 0) is 19.2 Å². The molecular formula is C13H17N5. The van der Waals surface area contributed by atoms with E-state index in [2.05, 4.69) is 57.0 Å². The van der Waals surface area contributed by atoms with E-state index in [1.165, 1.54) is 0 Å². The van der Waals surface area contributed by atoms with Crippen molar-refractivity contribution < 1.29 is 4.58 Å². The summed E-state index contributed by atoms with van der Waals surface area (Å²) in [5.41, 5.74) is 1.05. The third-order valence-electron chi connectivity index (χ3n) is 3.00. The van der Waals surface area contributed by atoms with Gasteiger partial charge in [0.15, 0.2) is 6.34 Å². The van der Waals surface area contributed by atoms with Crippen molar-refractivity contribution >= 4 is 12.2 Å². The van der Waals surface area contributed by atoms with Gasteiger partial charge in [0.1, 0.15) is 0 Å². The summed E-state index contributed by atoms with van der Waals surface area (Å²) in [7, 11) is 4.07. The second-order valence-corrected chi connectivity index (χ2v) is 4.57. The SMILES string of the molecule is CN1C=CN(c2cccc(=[N+]3C=[N+](C)[CH-][CH-]3)[nH]2)C1.